The summed E-state index contributed by atoms with van der Waals surface area (Å²) in [6, 6.07) is 9.30. The first-order chi connectivity index (χ1) is 19.2. The molecule has 0 aliphatic carbocycles. The lowest BCUT2D eigenvalue weighted by Gasteiger charge is -2.39. The van der Waals surface area contributed by atoms with Gasteiger partial charge in [-0.15, -0.1) is 0 Å². The highest BCUT2D eigenvalue weighted by atomic mass is 35.5. The molecule has 4 atom stereocenters. The van der Waals surface area contributed by atoms with E-state index in [1.54, 1.807) is 24.3 Å². The minimum absolute atomic E-state index is 0.0172. The van der Waals surface area contributed by atoms with Crippen molar-refractivity contribution in [2.75, 3.05) is 52.5 Å². The predicted octanol–water partition coefficient (Wildman–Crippen LogP) is 7.63. The molecule has 0 saturated carbocycles. The van der Waals surface area contributed by atoms with Crippen LogP contribution in [-0.2, 0) is 14.2 Å². The monoisotopic (exact) mass is 668 g/mol. The second-order valence-electron chi connectivity index (χ2n) is 9.84. The van der Waals surface area contributed by atoms with Crippen LogP contribution in [-0.4, -0.2) is 86.8 Å². The average Bonchev–Trinajstić information content (AvgIpc) is 2.86. The fourth-order valence-corrected chi connectivity index (χ4v) is 5.86. The van der Waals surface area contributed by atoms with E-state index in [4.69, 9.17) is 60.6 Å². The fraction of sp³-hybridized carbons (Fsp3) is 0.538. The van der Waals surface area contributed by atoms with Crippen LogP contribution >= 0.6 is 46.4 Å². The highest BCUT2D eigenvalue weighted by Crippen LogP contribution is 2.34. The quantitative estimate of drug-likeness (QED) is 0.270. The molecule has 0 bridgehead atoms. The van der Waals surface area contributed by atoms with E-state index >= 15 is 0 Å². The van der Waals surface area contributed by atoms with Crippen molar-refractivity contribution < 1.29 is 40.6 Å². The van der Waals surface area contributed by atoms with Crippen LogP contribution in [0.1, 0.15) is 23.3 Å². The number of hydrogen-bond donors (Lipinski definition) is 0. The van der Waals surface area contributed by atoms with E-state index < -0.39 is 49.9 Å². The Kier molecular flexibility index (Phi) is 11.0. The highest BCUT2D eigenvalue weighted by molar-refractivity contribution is 6.35. The highest BCUT2D eigenvalue weighted by Gasteiger charge is 2.50. The molecule has 0 spiro atoms. The molecular formula is C26H26Cl4F6N2O3. The van der Waals surface area contributed by atoms with Gasteiger partial charge in [-0.1, -0.05) is 46.4 Å². The first-order valence-electron chi connectivity index (χ1n) is 12.6. The van der Waals surface area contributed by atoms with Gasteiger partial charge in [0.1, 0.15) is 0 Å². The predicted molar refractivity (Wildman–Crippen MR) is 144 cm³/mol. The van der Waals surface area contributed by atoms with E-state index in [0.29, 0.717) is 31.2 Å². The molecule has 2 aromatic rings. The Morgan fingerprint density at radius 2 is 1.00 bits per heavy atom. The molecule has 0 aromatic heterocycles. The lowest BCUT2D eigenvalue weighted by Crippen LogP contribution is -2.53. The smallest absolute Gasteiger partial charge is 0.371 e. The van der Waals surface area contributed by atoms with Crippen LogP contribution in [0.2, 0.25) is 20.1 Å². The number of benzene rings is 2. The summed E-state index contributed by atoms with van der Waals surface area (Å²) in [4.78, 5) is 2.73. The van der Waals surface area contributed by atoms with Crippen LogP contribution in [0.15, 0.2) is 36.4 Å². The molecular weight excluding hydrogens is 644 g/mol. The number of halogens is 10. The number of morpholine rings is 2. The number of hydrogen-bond acceptors (Lipinski definition) is 5. The Labute approximate surface area is 253 Å². The number of alkyl halides is 6. The second kappa shape index (κ2) is 13.7. The Hall–Kier alpha value is -1.02. The van der Waals surface area contributed by atoms with Gasteiger partial charge < -0.3 is 14.2 Å². The van der Waals surface area contributed by atoms with E-state index in [2.05, 4.69) is 0 Å². The van der Waals surface area contributed by atoms with Gasteiger partial charge in [-0.05, 0) is 47.5 Å². The minimum Gasteiger partial charge on any atom is -0.371 e. The molecule has 2 aliphatic heterocycles. The molecule has 0 radical (unpaired) electrons. The Morgan fingerprint density at radius 3 is 1.32 bits per heavy atom. The first-order valence-corrected chi connectivity index (χ1v) is 14.1. The van der Waals surface area contributed by atoms with Crippen molar-refractivity contribution in [1.29, 1.82) is 0 Å². The van der Waals surface area contributed by atoms with Gasteiger partial charge in [-0.3, -0.25) is 9.80 Å². The molecule has 41 heavy (non-hydrogen) atoms. The summed E-state index contributed by atoms with van der Waals surface area (Å²) in [5.74, 6) is 0. The molecule has 0 amide bonds. The van der Waals surface area contributed by atoms with E-state index in [-0.39, 0.29) is 39.4 Å². The van der Waals surface area contributed by atoms with Crippen molar-refractivity contribution in [3.63, 3.8) is 0 Å². The molecule has 0 N–H and O–H groups in total. The summed E-state index contributed by atoms with van der Waals surface area (Å²) >= 11 is 24.1. The molecule has 2 unspecified atom stereocenters. The normalized spacial score (nSPS) is 23.0. The zero-order valence-electron chi connectivity index (χ0n) is 21.3. The minimum atomic E-state index is -5.05. The third-order valence-electron chi connectivity index (χ3n) is 6.72. The summed E-state index contributed by atoms with van der Waals surface area (Å²) in [6.07, 6.45) is -16.8. The Morgan fingerprint density at radius 1 is 0.659 bits per heavy atom. The summed E-state index contributed by atoms with van der Waals surface area (Å²) in [6.45, 7) is -1.38. The summed E-state index contributed by atoms with van der Waals surface area (Å²) in [5.41, 5.74) is 1.10. The van der Waals surface area contributed by atoms with Gasteiger partial charge in [0, 0.05) is 59.4 Å². The molecule has 5 nitrogen and oxygen atoms in total. The van der Waals surface area contributed by atoms with Gasteiger partial charge >= 0.3 is 12.4 Å². The summed E-state index contributed by atoms with van der Waals surface area (Å²) < 4.78 is 100. The SMILES string of the molecule is FC(F)(F)[C@H](CN1CCOC(c2cc(Cl)cc(Cl)c2)C1)O[C@@H](CN1CCOC(c2cc(Cl)cc(Cl)c2)C1)C(F)(F)F. The maximum Gasteiger partial charge on any atom is 0.415 e. The van der Waals surface area contributed by atoms with Crippen LogP contribution in [0.3, 0.4) is 0 Å². The van der Waals surface area contributed by atoms with Crippen molar-refractivity contribution >= 4 is 46.4 Å². The topological polar surface area (TPSA) is 34.2 Å². The van der Waals surface area contributed by atoms with E-state index in [9.17, 15) is 26.3 Å². The Bertz CT molecular complexity index is 1060. The van der Waals surface area contributed by atoms with E-state index in [1.807, 2.05) is 0 Å². The van der Waals surface area contributed by atoms with E-state index in [0.717, 1.165) is 0 Å². The largest absolute Gasteiger partial charge is 0.415 e. The van der Waals surface area contributed by atoms with Crippen LogP contribution < -0.4 is 0 Å². The van der Waals surface area contributed by atoms with Crippen LogP contribution in [0.5, 0.6) is 0 Å². The molecule has 2 aliphatic rings. The van der Waals surface area contributed by atoms with Crippen molar-refractivity contribution in [1.82, 2.24) is 9.80 Å². The molecule has 2 saturated heterocycles. The fourth-order valence-electron chi connectivity index (χ4n) is 4.78. The lowest BCUT2D eigenvalue weighted by molar-refractivity contribution is -0.292. The molecule has 228 valence electrons. The third-order valence-corrected chi connectivity index (χ3v) is 7.59. The second-order valence-corrected chi connectivity index (χ2v) is 11.6. The maximum absolute atomic E-state index is 14.0. The molecule has 2 heterocycles. The molecule has 4 rings (SSSR count). The van der Waals surface area contributed by atoms with Crippen LogP contribution in [0, 0.1) is 0 Å². The van der Waals surface area contributed by atoms with Crippen molar-refractivity contribution in [2.24, 2.45) is 0 Å². The van der Waals surface area contributed by atoms with Crippen molar-refractivity contribution in [3.8, 4) is 0 Å². The van der Waals surface area contributed by atoms with Gasteiger partial charge in [0.25, 0.3) is 0 Å². The number of rotatable bonds is 8. The zero-order chi connectivity index (χ0) is 29.9. The van der Waals surface area contributed by atoms with E-state index in [1.165, 1.54) is 21.9 Å². The standard InChI is InChI=1S/C26H26Cl4F6N2O3/c27-17-5-15(6-18(28)9-17)21-11-37(1-3-39-21)13-23(25(31,32)33)41-24(26(34,35)36)14-38-2-4-40-22(12-38)16-7-19(29)10-20(30)8-16/h5-10,21-24H,1-4,11-14H2/t21?,22?,23-,24-/m0/s1. The van der Waals surface area contributed by atoms with Gasteiger partial charge in [-0.25, -0.2) is 0 Å². The molecule has 2 fully saturated rings. The van der Waals surface area contributed by atoms with Crippen molar-refractivity contribution in [3.05, 3.63) is 67.6 Å². The number of ether oxygens (including phenoxy) is 3. The molecule has 15 heteroatoms. The van der Waals surface area contributed by atoms with Crippen LogP contribution in [0.25, 0.3) is 0 Å². The van der Waals surface area contributed by atoms with Gasteiger partial charge in [0.2, 0.25) is 0 Å². The summed E-state index contributed by atoms with van der Waals surface area (Å²) in [7, 11) is 0. The Balaban J connectivity index is 1.45. The van der Waals surface area contributed by atoms with Gasteiger partial charge in [0.05, 0.1) is 25.4 Å². The maximum atomic E-state index is 14.0. The zero-order valence-corrected chi connectivity index (χ0v) is 24.4. The van der Waals surface area contributed by atoms with Gasteiger partial charge in [0.15, 0.2) is 12.2 Å². The molecule has 2 aromatic carbocycles. The summed E-state index contributed by atoms with van der Waals surface area (Å²) in [5, 5.41) is 1.28. The number of nitrogens with zero attached hydrogens (tertiary/aromatic N) is 2. The lowest BCUT2D eigenvalue weighted by atomic mass is 10.1. The van der Waals surface area contributed by atoms with Crippen molar-refractivity contribution in [2.45, 2.75) is 36.8 Å². The van der Waals surface area contributed by atoms with Gasteiger partial charge in [-0.2, -0.15) is 26.3 Å². The average molecular weight is 670 g/mol. The van der Waals surface area contributed by atoms with Crippen LogP contribution in [0.4, 0.5) is 26.3 Å². The first kappa shape index (κ1) is 32.9. The third kappa shape index (κ3) is 9.48.